The first-order chi connectivity index (χ1) is 11.5. The Balaban J connectivity index is 1.79. The summed E-state index contributed by atoms with van der Waals surface area (Å²) in [7, 11) is -1.35. The molecule has 2 N–H and O–H groups in total. The molecule has 0 aliphatic heterocycles. The van der Waals surface area contributed by atoms with Crippen molar-refractivity contribution in [3.63, 3.8) is 0 Å². The smallest absolute Gasteiger partial charge is 0.161 e. The van der Waals surface area contributed by atoms with E-state index >= 15 is 0 Å². The topological polar surface area (TPSA) is 95.4 Å². The number of hydrogen-bond acceptors (Lipinski definition) is 5. The van der Waals surface area contributed by atoms with E-state index in [1.54, 1.807) is 24.5 Å². The number of rotatable bonds is 5. The number of aromatic nitrogens is 3. The summed E-state index contributed by atoms with van der Waals surface area (Å²) in [6, 6.07) is 8.92. The molecular weight excluding hydrogens is 326 g/mol. The zero-order valence-electron chi connectivity index (χ0n) is 13.5. The van der Waals surface area contributed by atoms with Gasteiger partial charge in [-0.15, -0.1) is 0 Å². The van der Waals surface area contributed by atoms with Crippen LogP contribution < -0.4 is 9.88 Å². The normalized spacial score (nSPS) is 13.6. The van der Waals surface area contributed by atoms with Gasteiger partial charge in [0.15, 0.2) is 5.65 Å². The third-order valence-electron chi connectivity index (χ3n) is 3.73. The lowest BCUT2D eigenvalue weighted by molar-refractivity contribution is 0.309. The summed E-state index contributed by atoms with van der Waals surface area (Å²) in [5.41, 5.74) is 1.75. The van der Waals surface area contributed by atoms with Crippen molar-refractivity contribution in [3.05, 3.63) is 48.3 Å². The molecule has 1 unspecified atom stereocenters. The van der Waals surface area contributed by atoms with Gasteiger partial charge in [-0.2, -0.15) is 5.10 Å². The highest BCUT2D eigenvalue weighted by molar-refractivity contribution is 7.91. The monoisotopic (exact) mass is 345 g/mol. The molecule has 1 atom stereocenters. The van der Waals surface area contributed by atoms with Gasteiger partial charge in [0, 0.05) is 19.8 Å². The van der Waals surface area contributed by atoms with Crippen molar-refractivity contribution in [2.45, 2.75) is 25.0 Å². The van der Waals surface area contributed by atoms with Crippen molar-refractivity contribution < 1.29 is 8.95 Å². The van der Waals surface area contributed by atoms with Crippen molar-refractivity contribution in [1.82, 2.24) is 14.8 Å². The zero-order chi connectivity index (χ0) is 17.2. The Morgan fingerprint density at radius 3 is 2.71 bits per heavy atom. The molecule has 2 heterocycles. The lowest BCUT2D eigenvalue weighted by atomic mass is 10.2. The van der Waals surface area contributed by atoms with E-state index in [1.807, 2.05) is 29.8 Å². The Bertz CT molecular complexity index is 972. The Labute approximate surface area is 140 Å². The van der Waals surface area contributed by atoms with Gasteiger partial charge >= 0.3 is 0 Å². The van der Waals surface area contributed by atoms with E-state index in [1.165, 1.54) is 7.05 Å². The highest BCUT2D eigenvalue weighted by atomic mass is 32.2. The Morgan fingerprint density at radius 2 is 2.04 bits per heavy atom. The molecule has 2 aromatic heterocycles. The van der Waals surface area contributed by atoms with E-state index in [4.69, 9.17) is 9.88 Å². The maximum absolute atomic E-state index is 12.0. The fraction of sp³-hybridized carbons (Fsp3) is 0.250. The Hall–Kier alpha value is -2.45. The maximum atomic E-state index is 12.0. The molecule has 0 spiro atoms. The molecule has 0 radical (unpaired) electrons. The van der Waals surface area contributed by atoms with Gasteiger partial charge in [0.25, 0.3) is 0 Å². The van der Waals surface area contributed by atoms with Crippen LogP contribution >= 0.6 is 0 Å². The van der Waals surface area contributed by atoms with Gasteiger partial charge in [-0.25, -0.2) is 23.4 Å². The highest BCUT2D eigenvalue weighted by Gasteiger charge is 2.09. The van der Waals surface area contributed by atoms with E-state index in [2.05, 4.69) is 14.4 Å². The molecule has 1 aromatic carbocycles. The minimum absolute atomic E-state index is 0.381. The summed E-state index contributed by atoms with van der Waals surface area (Å²) < 4.78 is 23.4. The number of nitrogens with zero attached hydrogens (tertiary/aromatic N) is 4. The lowest BCUT2D eigenvalue weighted by Crippen LogP contribution is -2.12. The van der Waals surface area contributed by atoms with Crippen LogP contribution in [-0.2, 0) is 23.1 Å². The molecular formula is C16H19N5O2S. The largest absolute Gasteiger partial charge is 0.488 e. The summed E-state index contributed by atoms with van der Waals surface area (Å²) in [6.45, 7) is 3.15. The van der Waals surface area contributed by atoms with E-state index < -0.39 is 9.92 Å². The van der Waals surface area contributed by atoms with Crippen LogP contribution in [0, 0.1) is 0 Å². The average molecular weight is 345 g/mol. The van der Waals surface area contributed by atoms with E-state index in [0.717, 1.165) is 28.9 Å². The van der Waals surface area contributed by atoms with Crippen LogP contribution in [0.5, 0.6) is 5.75 Å². The highest BCUT2D eigenvalue weighted by Crippen LogP contribution is 2.24. The summed E-state index contributed by atoms with van der Waals surface area (Å²) in [5, 5.41) is 10.8. The maximum Gasteiger partial charge on any atom is 0.161 e. The molecule has 0 aliphatic carbocycles. The number of benzene rings is 1. The third-order valence-corrected chi connectivity index (χ3v) is 5.22. The van der Waals surface area contributed by atoms with E-state index in [0.29, 0.717) is 11.5 Å². The van der Waals surface area contributed by atoms with E-state index in [9.17, 15) is 4.21 Å². The predicted octanol–water partition coefficient (Wildman–Crippen LogP) is 2.36. The van der Waals surface area contributed by atoms with Gasteiger partial charge in [0.05, 0.1) is 16.5 Å². The van der Waals surface area contributed by atoms with Crippen molar-refractivity contribution >= 4 is 20.9 Å². The quantitative estimate of drug-likeness (QED) is 0.768. The van der Waals surface area contributed by atoms with Crippen molar-refractivity contribution in [2.75, 3.05) is 7.05 Å². The minimum Gasteiger partial charge on any atom is -0.488 e. The first kappa shape index (κ1) is 16.4. The van der Waals surface area contributed by atoms with Crippen LogP contribution in [0.4, 0.5) is 0 Å². The number of fused-ring (bicyclic) bond motifs is 1. The fourth-order valence-electron chi connectivity index (χ4n) is 2.36. The zero-order valence-corrected chi connectivity index (χ0v) is 14.4. The molecule has 0 bridgehead atoms. The van der Waals surface area contributed by atoms with Crippen LogP contribution in [0.15, 0.2) is 52.0 Å². The number of nitrogens with two attached hydrogens (primary N) is 1. The second-order valence-corrected chi connectivity index (χ2v) is 7.16. The number of ether oxygens (including phenoxy) is 1. The fourth-order valence-corrected chi connectivity index (χ4v) is 3.10. The number of aryl methyl sites for hydroxylation is 1. The molecule has 0 saturated heterocycles. The molecule has 0 fully saturated rings. The second kappa shape index (κ2) is 6.58. The van der Waals surface area contributed by atoms with Crippen LogP contribution in [0.1, 0.15) is 12.5 Å². The number of hydrogen-bond donors (Lipinski definition) is 1. The Kier molecular flexibility index (Phi) is 4.50. The second-order valence-electron chi connectivity index (χ2n) is 5.19. The first-order valence-corrected chi connectivity index (χ1v) is 9.08. The van der Waals surface area contributed by atoms with Crippen LogP contribution in [0.3, 0.4) is 0 Å². The van der Waals surface area contributed by atoms with Crippen LogP contribution in [0.2, 0.25) is 0 Å². The SMILES string of the molecule is CCn1ncc2c(OCc3ccc(S(N)(=O)=NC)cc3)ccnc21. The average Bonchev–Trinajstić information content (AvgIpc) is 3.04. The van der Waals surface area contributed by atoms with Gasteiger partial charge < -0.3 is 4.74 Å². The standard InChI is InChI=1S/C16H19N5O2S/c1-3-21-16-14(10-20-21)15(8-9-19-16)23-11-12-4-6-13(7-5-12)24(17,22)18-2/h4-10H,3,11H2,1-2H3,(H2,17,18,22). The molecule has 8 heteroatoms. The molecule has 24 heavy (non-hydrogen) atoms. The van der Waals surface area contributed by atoms with Gasteiger partial charge in [-0.1, -0.05) is 12.1 Å². The molecule has 7 nitrogen and oxygen atoms in total. The van der Waals surface area contributed by atoms with Gasteiger partial charge in [-0.3, -0.25) is 0 Å². The van der Waals surface area contributed by atoms with Gasteiger partial charge in [0.1, 0.15) is 22.3 Å². The minimum atomic E-state index is -2.80. The van der Waals surface area contributed by atoms with Crippen molar-refractivity contribution in [3.8, 4) is 5.75 Å². The first-order valence-electron chi connectivity index (χ1n) is 7.50. The predicted molar refractivity (Wildman–Crippen MR) is 92.9 cm³/mol. The lowest BCUT2D eigenvalue weighted by Gasteiger charge is -2.08. The molecule has 0 saturated carbocycles. The van der Waals surface area contributed by atoms with Crippen LogP contribution in [-0.4, -0.2) is 26.0 Å². The number of pyridine rings is 1. The summed E-state index contributed by atoms with van der Waals surface area (Å²) in [5.74, 6) is 0.731. The van der Waals surface area contributed by atoms with Crippen LogP contribution in [0.25, 0.3) is 11.0 Å². The summed E-state index contributed by atoms with van der Waals surface area (Å²) in [4.78, 5) is 4.84. The Morgan fingerprint density at radius 1 is 1.29 bits per heavy atom. The van der Waals surface area contributed by atoms with Gasteiger partial charge in [0.2, 0.25) is 0 Å². The van der Waals surface area contributed by atoms with Crippen molar-refractivity contribution in [1.29, 1.82) is 0 Å². The van der Waals surface area contributed by atoms with E-state index in [-0.39, 0.29) is 0 Å². The van der Waals surface area contributed by atoms with Crippen molar-refractivity contribution in [2.24, 2.45) is 9.50 Å². The van der Waals surface area contributed by atoms with Gasteiger partial charge in [-0.05, 0) is 30.7 Å². The summed E-state index contributed by atoms with van der Waals surface area (Å²) in [6.07, 6.45) is 3.47. The molecule has 3 rings (SSSR count). The third kappa shape index (κ3) is 3.10. The molecule has 126 valence electrons. The molecule has 0 aliphatic rings. The summed E-state index contributed by atoms with van der Waals surface area (Å²) >= 11 is 0. The molecule has 3 aromatic rings. The molecule has 0 amide bonds.